The number of esters is 1. The number of benzene rings is 1. The van der Waals surface area contributed by atoms with Crippen molar-refractivity contribution >= 4 is 23.6 Å². The van der Waals surface area contributed by atoms with Gasteiger partial charge in [-0.25, -0.2) is 9.59 Å². The molecule has 0 bridgehead atoms. The van der Waals surface area contributed by atoms with Crippen LogP contribution in [-0.2, 0) is 19.1 Å². The molecule has 1 aromatic rings. The molecule has 2 N–H and O–H groups in total. The van der Waals surface area contributed by atoms with Crippen LogP contribution in [0.2, 0.25) is 0 Å². The summed E-state index contributed by atoms with van der Waals surface area (Å²) in [4.78, 5) is 38.5. The molecule has 0 spiro atoms. The molecule has 2 aliphatic rings. The summed E-state index contributed by atoms with van der Waals surface area (Å²) >= 11 is 0. The Hall–Kier alpha value is -2.87. The van der Waals surface area contributed by atoms with Crippen molar-refractivity contribution in [3.63, 3.8) is 0 Å². The molecule has 1 atom stereocenters. The third kappa shape index (κ3) is 4.59. The molecule has 0 radical (unpaired) electrons. The summed E-state index contributed by atoms with van der Waals surface area (Å²) in [5.41, 5.74) is 2.32. The number of nitrogens with zero attached hydrogens (tertiary/aromatic N) is 1. The molecule has 0 aromatic heterocycles. The van der Waals surface area contributed by atoms with Crippen molar-refractivity contribution < 1.29 is 23.9 Å². The van der Waals surface area contributed by atoms with E-state index in [0.29, 0.717) is 23.6 Å². The first-order chi connectivity index (χ1) is 13.9. The van der Waals surface area contributed by atoms with Crippen LogP contribution in [0.3, 0.4) is 0 Å². The quantitative estimate of drug-likeness (QED) is 0.541. The molecule has 1 saturated carbocycles. The van der Waals surface area contributed by atoms with E-state index in [2.05, 4.69) is 10.6 Å². The molecule has 8 nitrogen and oxygen atoms in total. The molecule has 1 aliphatic carbocycles. The summed E-state index contributed by atoms with van der Waals surface area (Å²) in [6.45, 7) is 2.13. The highest BCUT2D eigenvalue weighted by atomic mass is 16.6. The fourth-order valence-electron chi connectivity index (χ4n) is 3.32. The van der Waals surface area contributed by atoms with Crippen LogP contribution in [0.25, 0.3) is 0 Å². The Balaban J connectivity index is 1.79. The van der Waals surface area contributed by atoms with E-state index in [0.717, 1.165) is 24.8 Å². The smallest absolute Gasteiger partial charge is 0.338 e. The van der Waals surface area contributed by atoms with Gasteiger partial charge in [-0.2, -0.15) is 0 Å². The highest BCUT2D eigenvalue weighted by Gasteiger charge is 2.35. The van der Waals surface area contributed by atoms with E-state index < -0.39 is 12.0 Å². The summed E-state index contributed by atoms with van der Waals surface area (Å²) in [7, 11) is 3.13. The van der Waals surface area contributed by atoms with Crippen molar-refractivity contribution in [1.82, 2.24) is 10.2 Å². The summed E-state index contributed by atoms with van der Waals surface area (Å²) in [5.74, 6) is -0.365. The number of amides is 3. The molecule has 8 heteroatoms. The Bertz CT molecular complexity index is 814. The number of carbonyl (C=O) groups excluding carboxylic acids is 3. The number of anilines is 1. The second-order valence-corrected chi connectivity index (χ2v) is 7.31. The van der Waals surface area contributed by atoms with Crippen molar-refractivity contribution in [3.8, 4) is 0 Å². The van der Waals surface area contributed by atoms with Crippen LogP contribution in [-0.4, -0.2) is 50.2 Å². The zero-order chi connectivity index (χ0) is 21.0. The standard InChI is InChI=1S/C21H27N3O5/c1-13-17(20(26)29-12-11-28-3)18(23-21(27)24(13)2)14-7-9-16(10-8-14)22-19(25)15-5-4-6-15/h7-10,15,18H,4-6,11-12H2,1-3H3,(H,22,25)(H,23,27). The maximum absolute atomic E-state index is 12.7. The van der Waals surface area contributed by atoms with Gasteiger partial charge in [-0.3, -0.25) is 4.79 Å². The first-order valence-electron chi connectivity index (χ1n) is 9.74. The van der Waals surface area contributed by atoms with E-state index in [1.807, 2.05) is 0 Å². The van der Waals surface area contributed by atoms with Crippen molar-refractivity contribution in [3.05, 3.63) is 41.1 Å². The van der Waals surface area contributed by atoms with Gasteiger partial charge in [-0.1, -0.05) is 18.6 Å². The number of nitrogens with one attached hydrogen (secondary N) is 2. The lowest BCUT2D eigenvalue weighted by atomic mass is 9.85. The van der Waals surface area contributed by atoms with Gasteiger partial charge in [-0.05, 0) is 37.5 Å². The van der Waals surface area contributed by atoms with Gasteiger partial charge in [-0.15, -0.1) is 0 Å². The van der Waals surface area contributed by atoms with Gasteiger partial charge in [0, 0.05) is 31.5 Å². The Morgan fingerprint density at radius 3 is 2.48 bits per heavy atom. The summed E-state index contributed by atoms with van der Waals surface area (Å²) in [6.07, 6.45) is 2.97. The van der Waals surface area contributed by atoms with Crippen LogP contribution in [0, 0.1) is 5.92 Å². The van der Waals surface area contributed by atoms with Crippen LogP contribution in [0.1, 0.15) is 37.8 Å². The van der Waals surface area contributed by atoms with E-state index in [1.54, 1.807) is 38.2 Å². The summed E-state index contributed by atoms with van der Waals surface area (Å²) in [5, 5.41) is 5.76. The van der Waals surface area contributed by atoms with Crippen LogP contribution in [0.4, 0.5) is 10.5 Å². The lowest BCUT2D eigenvalue weighted by Gasteiger charge is -2.33. The minimum absolute atomic E-state index is 0.0368. The largest absolute Gasteiger partial charge is 0.460 e. The number of hydrogen-bond acceptors (Lipinski definition) is 5. The third-order valence-electron chi connectivity index (χ3n) is 5.48. The molecule has 1 fully saturated rings. The number of allylic oxidation sites excluding steroid dienone is 1. The minimum Gasteiger partial charge on any atom is -0.460 e. The number of hydrogen-bond donors (Lipinski definition) is 2. The Morgan fingerprint density at radius 2 is 1.90 bits per heavy atom. The van der Waals surface area contributed by atoms with E-state index in [1.165, 1.54) is 12.0 Å². The van der Waals surface area contributed by atoms with Crippen molar-refractivity contribution in [2.24, 2.45) is 5.92 Å². The average molecular weight is 401 g/mol. The Labute approximate surface area is 170 Å². The van der Waals surface area contributed by atoms with Crippen molar-refractivity contribution in [2.75, 3.05) is 32.7 Å². The number of carbonyl (C=O) groups is 3. The van der Waals surface area contributed by atoms with Gasteiger partial charge in [0.1, 0.15) is 6.61 Å². The van der Waals surface area contributed by atoms with E-state index >= 15 is 0 Å². The van der Waals surface area contributed by atoms with E-state index in [-0.39, 0.29) is 24.5 Å². The average Bonchev–Trinajstić information content (AvgIpc) is 2.65. The van der Waals surface area contributed by atoms with Gasteiger partial charge < -0.3 is 25.0 Å². The van der Waals surface area contributed by atoms with Gasteiger partial charge in [0.25, 0.3) is 0 Å². The Kier molecular flexibility index (Phi) is 6.53. The predicted molar refractivity (Wildman–Crippen MR) is 107 cm³/mol. The molecule has 156 valence electrons. The van der Waals surface area contributed by atoms with Gasteiger partial charge in [0.15, 0.2) is 0 Å². The fourth-order valence-corrected chi connectivity index (χ4v) is 3.32. The molecule has 1 heterocycles. The van der Waals surface area contributed by atoms with Gasteiger partial charge >= 0.3 is 12.0 Å². The maximum Gasteiger partial charge on any atom is 0.338 e. The molecular formula is C21H27N3O5. The van der Waals surface area contributed by atoms with Crippen molar-refractivity contribution in [2.45, 2.75) is 32.2 Å². The molecule has 1 aromatic carbocycles. The molecule has 0 saturated heterocycles. The van der Waals surface area contributed by atoms with Crippen LogP contribution >= 0.6 is 0 Å². The fraction of sp³-hybridized carbons (Fsp3) is 0.476. The number of rotatable bonds is 7. The first kappa shape index (κ1) is 20.9. The Morgan fingerprint density at radius 1 is 1.21 bits per heavy atom. The highest BCUT2D eigenvalue weighted by Crippen LogP contribution is 2.32. The van der Waals surface area contributed by atoms with Crippen molar-refractivity contribution in [1.29, 1.82) is 0 Å². The molecule has 1 unspecified atom stereocenters. The topological polar surface area (TPSA) is 97.0 Å². The molecule has 3 amide bonds. The first-order valence-corrected chi connectivity index (χ1v) is 9.74. The minimum atomic E-state index is -0.634. The van der Waals surface area contributed by atoms with Gasteiger partial charge in [0.2, 0.25) is 5.91 Å². The zero-order valence-electron chi connectivity index (χ0n) is 17.0. The number of urea groups is 1. The van der Waals surface area contributed by atoms with Gasteiger partial charge in [0.05, 0.1) is 18.2 Å². The van der Waals surface area contributed by atoms with Crippen LogP contribution < -0.4 is 10.6 Å². The molecule has 1 aliphatic heterocycles. The number of methoxy groups -OCH3 is 1. The summed E-state index contributed by atoms with van der Waals surface area (Å²) < 4.78 is 10.2. The van der Waals surface area contributed by atoms with Crippen LogP contribution in [0.15, 0.2) is 35.5 Å². The second-order valence-electron chi connectivity index (χ2n) is 7.31. The third-order valence-corrected chi connectivity index (χ3v) is 5.48. The predicted octanol–water partition coefficient (Wildman–Crippen LogP) is 2.58. The molecule has 3 rings (SSSR count). The molecule has 29 heavy (non-hydrogen) atoms. The SMILES string of the molecule is COCCOC(=O)C1=C(C)N(C)C(=O)NC1c1ccc(NC(=O)C2CCC2)cc1. The zero-order valence-corrected chi connectivity index (χ0v) is 17.0. The second kappa shape index (κ2) is 9.09. The lowest BCUT2D eigenvalue weighted by Crippen LogP contribution is -2.46. The normalized spacial score (nSPS) is 19.5. The number of ether oxygens (including phenoxy) is 2. The monoisotopic (exact) mass is 401 g/mol. The van der Waals surface area contributed by atoms with E-state index in [4.69, 9.17) is 9.47 Å². The highest BCUT2D eigenvalue weighted by molar-refractivity contribution is 5.95. The maximum atomic E-state index is 12.7. The van der Waals surface area contributed by atoms with E-state index in [9.17, 15) is 14.4 Å². The lowest BCUT2D eigenvalue weighted by molar-refractivity contribution is -0.141. The summed E-state index contributed by atoms with van der Waals surface area (Å²) in [6, 6.07) is 6.21. The molecular weight excluding hydrogens is 374 g/mol. The van der Waals surface area contributed by atoms with Crippen LogP contribution in [0.5, 0.6) is 0 Å².